The maximum atomic E-state index is 13.6. The average molecular weight is 350 g/mol. The topological polar surface area (TPSA) is 60.7 Å². The molecule has 0 amide bonds. The van der Waals surface area contributed by atoms with Crippen LogP contribution in [-0.2, 0) is 0 Å². The zero-order valence-corrected chi connectivity index (χ0v) is 12.8. The third-order valence-corrected chi connectivity index (χ3v) is 3.84. The van der Waals surface area contributed by atoms with E-state index in [1.165, 1.54) is 12.1 Å². The van der Waals surface area contributed by atoms with Crippen LogP contribution in [0.2, 0.25) is 0 Å². The first-order valence-corrected chi connectivity index (χ1v) is 7.21. The first kappa shape index (κ1) is 14.0. The summed E-state index contributed by atoms with van der Waals surface area (Å²) in [5, 5.41) is 3.17. The van der Waals surface area contributed by atoms with Crippen LogP contribution < -0.4 is 11.0 Å². The van der Waals surface area contributed by atoms with Crippen LogP contribution >= 0.6 is 15.9 Å². The molecule has 0 radical (unpaired) electrons. The van der Waals surface area contributed by atoms with Crippen LogP contribution in [0.5, 0.6) is 0 Å². The lowest BCUT2D eigenvalue weighted by Gasteiger charge is -2.18. The van der Waals surface area contributed by atoms with E-state index >= 15 is 0 Å². The van der Waals surface area contributed by atoms with Gasteiger partial charge in [-0.2, -0.15) is 0 Å². The highest BCUT2D eigenvalue weighted by Crippen LogP contribution is 2.27. The van der Waals surface area contributed by atoms with Gasteiger partial charge in [-0.15, -0.1) is 0 Å². The van der Waals surface area contributed by atoms with E-state index in [4.69, 9.17) is 0 Å². The molecule has 3 N–H and O–H groups in total. The SMILES string of the molecule is CNC(c1cc(F)cc(Br)c1)c1ccc2[nH]c(=O)[nH]c2c1. The minimum atomic E-state index is -0.296. The Bertz CT molecular complexity index is 835. The smallest absolute Gasteiger partial charge is 0.309 e. The normalized spacial score (nSPS) is 12.7. The Balaban J connectivity index is 2.10. The second kappa shape index (κ2) is 5.46. The van der Waals surface area contributed by atoms with Gasteiger partial charge in [-0.3, -0.25) is 0 Å². The Hall–Kier alpha value is -1.92. The van der Waals surface area contributed by atoms with Gasteiger partial charge in [-0.1, -0.05) is 22.0 Å². The Morgan fingerprint density at radius 1 is 1.10 bits per heavy atom. The predicted molar refractivity (Wildman–Crippen MR) is 83.9 cm³/mol. The van der Waals surface area contributed by atoms with Gasteiger partial charge in [0.05, 0.1) is 17.1 Å². The van der Waals surface area contributed by atoms with Crippen LogP contribution in [0, 0.1) is 5.82 Å². The molecular weight excluding hydrogens is 337 g/mol. The fraction of sp³-hybridized carbons (Fsp3) is 0.133. The van der Waals surface area contributed by atoms with Crippen LogP contribution in [-0.4, -0.2) is 17.0 Å². The van der Waals surface area contributed by atoms with Crippen LogP contribution in [0.1, 0.15) is 17.2 Å². The van der Waals surface area contributed by atoms with E-state index in [-0.39, 0.29) is 17.5 Å². The van der Waals surface area contributed by atoms with Crippen molar-refractivity contribution in [1.82, 2.24) is 15.3 Å². The van der Waals surface area contributed by atoms with Crippen LogP contribution in [0.3, 0.4) is 0 Å². The average Bonchev–Trinajstić information content (AvgIpc) is 2.78. The van der Waals surface area contributed by atoms with Crippen molar-refractivity contribution < 1.29 is 4.39 Å². The van der Waals surface area contributed by atoms with E-state index in [1.54, 1.807) is 0 Å². The molecule has 1 heterocycles. The van der Waals surface area contributed by atoms with Gasteiger partial charge in [0.1, 0.15) is 5.82 Å². The summed E-state index contributed by atoms with van der Waals surface area (Å²) in [4.78, 5) is 16.7. The van der Waals surface area contributed by atoms with E-state index in [0.29, 0.717) is 4.47 Å². The molecule has 1 aromatic heterocycles. The Labute approximate surface area is 128 Å². The van der Waals surface area contributed by atoms with E-state index in [2.05, 4.69) is 31.2 Å². The first-order valence-electron chi connectivity index (χ1n) is 6.42. The first-order chi connectivity index (χ1) is 10.1. The summed E-state index contributed by atoms with van der Waals surface area (Å²) in [6.45, 7) is 0. The van der Waals surface area contributed by atoms with Crippen LogP contribution in [0.15, 0.2) is 45.7 Å². The maximum Gasteiger partial charge on any atom is 0.323 e. The van der Waals surface area contributed by atoms with Crippen LogP contribution in [0.25, 0.3) is 11.0 Å². The van der Waals surface area contributed by atoms with Crippen molar-refractivity contribution in [2.24, 2.45) is 0 Å². The van der Waals surface area contributed by atoms with Gasteiger partial charge in [0.25, 0.3) is 0 Å². The summed E-state index contributed by atoms with van der Waals surface area (Å²) in [7, 11) is 1.81. The molecule has 1 atom stereocenters. The summed E-state index contributed by atoms with van der Waals surface area (Å²) in [6, 6.07) is 10.2. The zero-order chi connectivity index (χ0) is 15.0. The molecule has 108 valence electrons. The Morgan fingerprint density at radius 3 is 2.57 bits per heavy atom. The van der Waals surface area contributed by atoms with Gasteiger partial charge in [-0.05, 0) is 48.5 Å². The van der Waals surface area contributed by atoms with E-state index in [9.17, 15) is 9.18 Å². The summed E-state index contributed by atoms with van der Waals surface area (Å²) in [5.41, 5.74) is 2.99. The van der Waals surface area contributed by atoms with Crippen molar-refractivity contribution in [3.05, 3.63) is 68.3 Å². The third kappa shape index (κ3) is 2.77. The Kier molecular flexibility index (Phi) is 3.65. The lowest BCUT2D eigenvalue weighted by atomic mass is 9.98. The van der Waals surface area contributed by atoms with Crippen molar-refractivity contribution in [3.8, 4) is 0 Å². The molecule has 0 saturated heterocycles. The van der Waals surface area contributed by atoms with Crippen molar-refractivity contribution in [3.63, 3.8) is 0 Å². The number of aromatic amines is 2. The maximum absolute atomic E-state index is 13.6. The molecular formula is C15H13BrFN3O. The van der Waals surface area contributed by atoms with Crippen molar-refractivity contribution >= 4 is 27.0 Å². The molecule has 3 aromatic rings. The van der Waals surface area contributed by atoms with Gasteiger partial charge in [0.15, 0.2) is 0 Å². The zero-order valence-electron chi connectivity index (χ0n) is 11.2. The second-order valence-electron chi connectivity index (χ2n) is 4.81. The van der Waals surface area contributed by atoms with Gasteiger partial charge in [0.2, 0.25) is 0 Å². The number of hydrogen-bond acceptors (Lipinski definition) is 2. The molecule has 1 unspecified atom stereocenters. The number of hydrogen-bond donors (Lipinski definition) is 3. The van der Waals surface area contributed by atoms with Crippen molar-refractivity contribution in [2.75, 3.05) is 7.05 Å². The van der Waals surface area contributed by atoms with Gasteiger partial charge in [0, 0.05) is 4.47 Å². The number of fused-ring (bicyclic) bond motifs is 1. The second-order valence-corrected chi connectivity index (χ2v) is 5.72. The summed E-state index contributed by atoms with van der Waals surface area (Å²) in [5.74, 6) is -0.296. The highest BCUT2D eigenvalue weighted by molar-refractivity contribution is 9.10. The quantitative estimate of drug-likeness (QED) is 0.680. The van der Waals surface area contributed by atoms with Crippen LogP contribution in [0.4, 0.5) is 4.39 Å². The minimum Gasteiger partial charge on any atom is -0.309 e. The molecule has 0 spiro atoms. The molecule has 0 aliphatic heterocycles. The van der Waals surface area contributed by atoms with Gasteiger partial charge >= 0.3 is 5.69 Å². The fourth-order valence-electron chi connectivity index (χ4n) is 2.50. The monoisotopic (exact) mass is 349 g/mol. The highest BCUT2D eigenvalue weighted by Gasteiger charge is 2.14. The molecule has 0 bridgehead atoms. The van der Waals surface area contributed by atoms with E-state index in [0.717, 1.165) is 22.2 Å². The van der Waals surface area contributed by atoms with E-state index in [1.807, 2.05) is 31.3 Å². The molecule has 4 nitrogen and oxygen atoms in total. The lowest BCUT2D eigenvalue weighted by molar-refractivity contribution is 0.615. The molecule has 0 aliphatic carbocycles. The number of imidazole rings is 1. The highest BCUT2D eigenvalue weighted by atomic mass is 79.9. The van der Waals surface area contributed by atoms with E-state index < -0.39 is 0 Å². The van der Waals surface area contributed by atoms with Gasteiger partial charge in [-0.25, -0.2) is 9.18 Å². The number of nitrogens with one attached hydrogen (secondary N) is 3. The number of halogens is 2. The predicted octanol–water partition coefficient (Wildman–Crippen LogP) is 3.07. The molecule has 0 saturated carbocycles. The number of aromatic nitrogens is 2. The number of benzene rings is 2. The van der Waals surface area contributed by atoms with Crippen molar-refractivity contribution in [2.45, 2.75) is 6.04 Å². The lowest BCUT2D eigenvalue weighted by Crippen LogP contribution is -2.17. The Morgan fingerprint density at radius 2 is 1.86 bits per heavy atom. The minimum absolute atomic E-state index is 0.167. The largest absolute Gasteiger partial charge is 0.323 e. The van der Waals surface area contributed by atoms with Crippen molar-refractivity contribution in [1.29, 1.82) is 0 Å². The summed E-state index contributed by atoms with van der Waals surface area (Å²) < 4.78 is 14.3. The standard InChI is InChI=1S/C15H13BrFN3O/c1-18-14(9-4-10(16)7-11(17)5-9)8-2-3-12-13(6-8)20-15(21)19-12/h2-7,14,18H,1H3,(H2,19,20,21). The number of rotatable bonds is 3. The fourth-order valence-corrected chi connectivity index (χ4v) is 2.98. The summed E-state index contributed by atoms with van der Waals surface area (Å²) in [6.07, 6.45) is 0. The molecule has 6 heteroatoms. The molecule has 0 aliphatic rings. The molecule has 2 aromatic carbocycles. The molecule has 3 rings (SSSR count). The molecule has 21 heavy (non-hydrogen) atoms. The summed E-state index contributed by atoms with van der Waals surface area (Å²) >= 11 is 3.31. The number of H-pyrrole nitrogens is 2. The van der Waals surface area contributed by atoms with Gasteiger partial charge < -0.3 is 15.3 Å². The third-order valence-electron chi connectivity index (χ3n) is 3.38. The molecule has 0 fully saturated rings.